The van der Waals surface area contributed by atoms with Gasteiger partial charge < -0.3 is 9.64 Å². The number of nitrogens with zero attached hydrogens (tertiary/aromatic N) is 6. The fourth-order valence-electron chi connectivity index (χ4n) is 2.77. The van der Waals surface area contributed by atoms with E-state index in [2.05, 4.69) is 26.0 Å². The SMILES string of the molecule is N#Cc1cnccc1N1CCOc2cnc(-c3cccc(C(F)F)n3)nc21. The number of fused-ring (bicyclic) bond motifs is 1. The summed E-state index contributed by atoms with van der Waals surface area (Å²) in [6.45, 7) is 0.856. The molecule has 0 saturated carbocycles. The second-order valence-corrected chi connectivity index (χ2v) is 5.63. The fraction of sp³-hybridized carbons (Fsp3) is 0.167. The van der Waals surface area contributed by atoms with Gasteiger partial charge >= 0.3 is 0 Å². The maximum absolute atomic E-state index is 12.9. The maximum Gasteiger partial charge on any atom is 0.280 e. The minimum atomic E-state index is -2.68. The molecule has 0 bridgehead atoms. The monoisotopic (exact) mass is 366 g/mol. The molecule has 0 fully saturated rings. The first-order valence-electron chi connectivity index (χ1n) is 8.04. The number of nitriles is 1. The zero-order valence-corrected chi connectivity index (χ0v) is 13.9. The van der Waals surface area contributed by atoms with Gasteiger partial charge in [0.2, 0.25) is 0 Å². The Morgan fingerprint density at radius 2 is 2.07 bits per heavy atom. The molecule has 27 heavy (non-hydrogen) atoms. The van der Waals surface area contributed by atoms with Crippen LogP contribution in [0.25, 0.3) is 11.5 Å². The third-order valence-corrected chi connectivity index (χ3v) is 4.00. The normalized spacial score (nSPS) is 13.0. The Labute approximate surface area is 152 Å². The summed E-state index contributed by atoms with van der Waals surface area (Å²) >= 11 is 0. The van der Waals surface area contributed by atoms with Crippen LogP contribution in [-0.2, 0) is 0 Å². The number of hydrogen-bond acceptors (Lipinski definition) is 7. The summed E-state index contributed by atoms with van der Waals surface area (Å²) < 4.78 is 31.5. The van der Waals surface area contributed by atoms with Crippen molar-refractivity contribution < 1.29 is 13.5 Å². The lowest BCUT2D eigenvalue weighted by atomic mass is 10.2. The first kappa shape index (κ1) is 16.8. The molecule has 0 saturated heterocycles. The van der Waals surface area contributed by atoms with E-state index in [-0.39, 0.29) is 17.2 Å². The molecule has 0 amide bonds. The first-order chi connectivity index (χ1) is 13.2. The predicted octanol–water partition coefficient (Wildman–Crippen LogP) is 3.27. The van der Waals surface area contributed by atoms with E-state index in [0.29, 0.717) is 36.0 Å². The lowest BCUT2D eigenvalue weighted by Crippen LogP contribution is -2.30. The molecule has 134 valence electrons. The molecule has 7 nitrogen and oxygen atoms in total. The van der Waals surface area contributed by atoms with E-state index in [1.807, 2.05) is 4.90 Å². The fourth-order valence-corrected chi connectivity index (χ4v) is 2.77. The molecular weight excluding hydrogens is 354 g/mol. The number of anilines is 2. The van der Waals surface area contributed by atoms with Crippen molar-refractivity contribution in [1.29, 1.82) is 5.26 Å². The van der Waals surface area contributed by atoms with Crippen molar-refractivity contribution in [2.24, 2.45) is 0 Å². The van der Waals surface area contributed by atoms with Crippen LogP contribution in [-0.4, -0.2) is 33.1 Å². The molecule has 4 rings (SSSR count). The van der Waals surface area contributed by atoms with E-state index in [1.54, 1.807) is 18.3 Å². The molecule has 3 aromatic rings. The van der Waals surface area contributed by atoms with Crippen LogP contribution < -0.4 is 9.64 Å². The smallest absolute Gasteiger partial charge is 0.280 e. The zero-order valence-electron chi connectivity index (χ0n) is 13.9. The average Bonchev–Trinajstić information content (AvgIpc) is 2.73. The quantitative estimate of drug-likeness (QED) is 0.703. The summed E-state index contributed by atoms with van der Waals surface area (Å²) in [6, 6.07) is 8.12. The molecule has 0 aliphatic carbocycles. The number of hydrogen-bond donors (Lipinski definition) is 0. The van der Waals surface area contributed by atoms with Crippen molar-refractivity contribution in [2.45, 2.75) is 6.43 Å². The molecule has 0 radical (unpaired) electrons. The number of alkyl halides is 2. The second kappa shape index (κ2) is 6.92. The summed E-state index contributed by atoms with van der Waals surface area (Å²) in [7, 11) is 0. The van der Waals surface area contributed by atoms with E-state index in [0.717, 1.165) is 0 Å². The van der Waals surface area contributed by atoms with E-state index >= 15 is 0 Å². The summed E-state index contributed by atoms with van der Waals surface area (Å²) in [5, 5.41) is 9.35. The van der Waals surface area contributed by atoms with E-state index in [1.165, 1.54) is 24.5 Å². The van der Waals surface area contributed by atoms with Gasteiger partial charge in [-0.1, -0.05) is 6.07 Å². The van der Waals surface area contributed by atoms with Crippen LogP contribution in [0.3, 0.4) is 0 Å². The highest BCUT2D eigenvalue weighted by Crippen LogP contribution is 2.36. The molecule has 0 aromatic carbocycles. The van der Waals surface area contributed by atoms with Crippen LogP contribution in [0, 0.1) is 11.3 Å². The molecular formula is C18H12F2N6O. The summed E-state index contributed by atoms with van der Waals surface area (Å²) in [4.78, 5) is 18.4. The number of aromatic nitrogens is 4. The molecule has 1 aliphatic heterocycles. The van der Waals surface area contributed by atoms with Gasteiger partial charge in [0, 0.05) is 12.4 Å². The third-order valence-electron chi connectivity index (χ3n) is 4.00. The average molecular weight is 366 g/mol. The van der Waals surface area contributed by atoms with Crippen molar-refractivity contribution in [3.8, 4) is 23.3 Å². The molecule has 0 unspecified atom stereocenters. The predicted molar refractivity (Wildman–Crippen MR) is 91.7 cm³/mol. The van der Waals surface area contributed by atoms with E-state index < -0.39 is 6.43 Å². The maximum atomic E-state index is 12.9. The molecule has 0 spiro atoms. The summed E-state index contributed by atoms with van der Waals surface area (Å²) in [5.74, 6) is 1.08. The minimum absolute atomic E-state index is 0.194. The van der Waals surface area contributed by atoms with E-state index in [9.17, 15) is 14.0 Å². The highest BCUT2D eigenvalue weighted by molar-refractivity contribution is 5.72. The van der Waals surface area contributed by atoms with Crippen LogP contribution in [0.5, 0.6) is 5.75 Å². The first-order valence-corrected chi connectivity index (χ1v) is 8.04. The van der Waals surface area contributed by atoms with Gasteiger partial charge in [-0.05, 0) is 18.2 Å². The second-order valence-electron chi connectivity index (χ2n) is 5.63. The Kier molecular flexibility index (Phi) is 4.30. The number of ether oxygens (including phenoxy) is 1. The Hall–Kier alpha value is -3.67. The van der Waals surface area contributed by atoms with Crippen LogP contribution in [0.4, 0.5) is 20.3 Å². The number of halogens is 2. The van der Waals surface area contributed by atoms with Gasteiger partial charge in [0.15, 0.2) is 17.4 Å². The van der Waals surface area contributed by atoms with Crippen molar-refractivity contribution in [3.05, 3.63) is 54.1 Å². The highest BCUT2D eigenvalue weighted by Gasteiger charge is 2.25. The van der Waals surface area contributed by atoms with Crippen molar-refractivity contribution >= 4 is 11.5 Å². The van der Waals surface area contributed by atoms with Gasteiger partial charge in [0.1, 0.15) is 24.1 Å². The topological polar surface area (TPSA) is 87.8 Å². The van der Waals surface area contributed by atoms with Crippen molar-refractivity contribution in [1.82, 2.24) is 19.9 Å². The molecule has 0 atom stereocenters. The lowest BCUT2D eigenvalue weighted by Gasteiger charge is -2.30. The number of rotatable bonds is 3. The molecule has 1 aliphatic rings. The van der Waals surface area contributed by atoms with Gasteiger partial charge in [-0.2, -0.15) is 5.26 Å². The molecule has 9 heteroatoms. The van der Waals surface area contributed by atoms with Crippen LogP contribution in [0.2, 0.25) is 0 Å². The van der Waals surface area contributed by atoms with Crippen molar-refractivity contribution in [2.75, 3.05) is 18.1 Å². The van der Waals surface area contributed by atoms with Crippen LogP contribution >= 0.6 is 0 Å². The lowest BCUT2D eigenvalue weighted by molar-refractivity contribution is 0.146. The molecule has 3 aromatic heterocycles. The van der Waals surface area contributed by atoms with Crippen LogP contribution in [0.15, 0.2) is 42.9 Å². The molecule has 0 N–H and O–H groups in total. The Morgan fingerprint density at radius 1 is 1.19 bits per heavy atom. The number of pyridine rings is 2. The van der Waals surface area contributed by atoms with Gasteiger partial charge in [-0.15, -0.1) is 0 Å². The standard InChI is InChI=1S/C18H12F2N6O/c19-16(20)12-2-1-3-13(24-12)17-23-10-15-18(25-17)26(6-7-27-15)14-4-5-22-9-11(14)8-21/h1-5,9-10,16H,6-7H2. The van der Waals surface area contributed by atoms with Crippen molar-refractivity contribution in [3.63, 3.8) is 0 Å². The van der Waals surface area contributed by atoms with E-state index in [4.69, 9.17) is 4.74 Å². The Balaban J connectivity index is 1.80. The largest absolute Gasteiger partial charge is 0.486 e. The summed E-state index contributed by atoms with van der Waals surface area (Å²) in [6.07, 6.45) is 1.85. The van der Waals surface area contributed by atoms with Crippen LogP contribution in [0.1, 0.15) is 17.7 Å². The minimum Gasteiger partial charge on any atom is -0.486 e. The van der Waals surface area contributed by atoms with Gasteiger partial charge in [0.25, 0.3) is 6.43 Å². The third kappa shape index (κ3) is 3.13. The Morgan fingerprint density at radius 3 is 2.89 bits per heavy atom. The van der Waals surface area contributed by atoms with Gasteiger partial charge in [-0.3, -0.25) is 4.98 Å². The Bertz CT molecular complexity index is 1040. The highest BCUT2D eigenvalue weighted by atomic mass is 19.3. The van der Waals surface area contributed by atoms with Gasteiger partial charge in [-0.25, -0.2) is 23.7 Å². The zero-order chi connectivity index (χ0) is 18.8. The molecule has 4 heterocycles. The summed E-state index contributed by atoms with van der Waals surface area (Å²) in [5.41, 5.74) is 0.915. The van der Waals surface area contributed by atoms with Gasteiger partial charge in [0.05, 0.1) is 24.0 Å².